The number of nitrogens with two attached hydrogens (primary N) is 1. The number of aromatic nitrogens is 2. The van der Waals surface area contributed by atoms with Crippen LogP contribution in [0.2, 0.25) is 0 Å². The van der Waals surface area contributed by atoms with Gasteiger partial charge < -0.3 is 15.8 Å². The van der Waals surface area contributed by atoms with E-state index in [9.17, 15) is 4.79 Å². The zero-order valence-electron chi connectivity index (χ0n) is 8.81. The maximum atomic E-state index is 11.3. The van der Waals surface area contributed by atoms with Crippen LogP contribution in [-0.4, -0.2) is 29.3 Å². The molecule has 1 aromatic rings. The molecule has 0 aromatic carbocycles. The molecule has 3 N–H and O–H groups in total. The van der Waals surface area contributed by atoms with Crippen molar-refractivity contribution in [1.29, 1.82) is 0 Å². The Balaban J connectivity index is 1.93. The number of carbonyl (C=O) groups is 1. The normalized spacial score (nSPS) is 19.9. The lowest BCUT2D eigenvalue weighted by Crippen LogP contribution is -2.15. The van der Waals surface area contributed by atoms with Crippen LogP contribution in [0.25, 0.3) is 0 Å². The average molecular weight is 242 g/mol. The van der Waals surface area contributed by atoms with Gasteiger partial charge in [0.05, 0.1) is 0 Å². The maximum Gasteiger partial charge on any atom is 0.227 e. The van der Waals surface area contributed by atoms with Crippen molar-refractivity contribution in [2.24, 2.45) is 5.73 Å². The van der Waals surface area contributed by atoms with Crippen LogP contribution in [0, 0.1) is 0 Å². The molecule has 1 aromatic heterocycles. The zero-order valence-corrected chi connectivity index (χ0v) is 9.63. The third-order valence-electron chi connectivity index (χ3n) is 2.26. The predicted molar refractivity (Wildman–Crippen MR) is 60.1 cm³/mol. The molecule has 6 nitrogen and oxygen atoms in total. The van der Waals surface area contributed by atoms with Crippen molar-refractivity contribution < 1.29 is 9.53 Å². The van der Waals surface area contributed by atoms with Gasteiger partial charge in [0.15, 0.2) is 0 Å². The molecule has 1 aliphatic rings. The number of rotatable bonds is 4. The third-order valence-corrected chi connectivity index (χ3v) is 3.19. The molecule has 0 saturated carbocycles. The predicted octanol–water partition coefficient (Wildman–Crippen LogP) is 0.677. The molecule has 0 radical (unpaired) electrons. The van der Waals surface area contributed by atoms with Gasteiger partial charge in [0.25, 0.3) is 0 Å². The second-order valence-corrected chi connectivity index (χ2v) is 4.54. The van der Waals surface area contributed by atoms with Gasteiger partial charge in [0, 0.05) is 19.6 Å². The van der Waals surface area contributed by atoms with E-state index in [1.165, 1.54) is 11.3 Å². The Labute approximate surface area is 97.2 Å². The summed E-state index contributed by atoms with van der Waals surface area (Å²) in [5.41, 5.74) is 5.27. The summed E-state index contributed by atoms with van der Waals surface area (Å²) in [6, 6.07) is 0. The fourth-order valence-electron chi connectivity index (χ4n) is 1.50. The van der Waals surface area contributed by atoms with E-state index < -0.39 is 0 Å². The zero-order chi connectivity index (χ0) is 11.4. The molecule has 2 heterocycles. The summed E-state index contributed by atoms with van der Waals surface area (Å²) in [5, 5.41) is 11.9. The number of nitrogens with one attached hydrogen (secondary N) is 1. The Hall–Kier alpha value is -1.05. The Bertz CT molecular complexity index is 362. The summed E-state index contributed by atoms with van der Waals surface area (Å²) in [6.07, 6.45) is 2.39. The standard InChI is InChI=1S/C9H14N4O2S/c10-4-3-7(14)11-9-13-12-8(16-9)6-2-1-5-15-6/h6H,1-5,10H2,(H,11,13,14). The van der Waals surface area contributed by atoms with E-state index in [2.05, 4.69) is 15.5 Å². The SMILES string of the molecule is NCCC(=O)Nc1nnc(C2CCCO2)s1. The minimum absolute atomic E-state index is 0.0534. The highest BCUT2D eigenvalue weighted by Crippen LogP contribution is 2.31. The molecule has 1 atom stereocenters. The fourth-order valence-corrected chi connectivity index (χ4v) is 2.34. The van der Waals surface area contributed by atoms with Crippen LogP contribution in [0.15, 0.2) is 0 Å². The highest BCUT2D eigenvalue weighted by Gasteiger charge is 2.22. The van der Waals surface area contributed by atoms with Gasteiger partial charge in [-0.05, 0) is 12.8 Å². The molecular weight excluding hydrogens is 228 g/mol. The number of anilines is 1. The fraction of sp³-hybridized carbons (Fsp3) is 0.667. The van der Waals surface area contributed by atoms with E-state index in [0.717, 1.165) is 24.5 Å². The number of ether oxygens (including phenoxy) is 1. The largest absolute Gasteiger partial charge is 0.371 e. The molecule has 7 heteroatoms. The number of hydrogen-bond acceptors (Lipinski definition) is 6. The lowest BCUT2D eigenvalue weighted by molar-refractivity contribution is -0.116. The molecule has 16 heavy (non-hydrogen) atoms. The molecule has 1 aliphatic heterocycles. The van der Waals surface area contributed by atoms with E-state index >= 15 is 0 Å². The van der Waals surface area contributed by atoms with Gasteiger partial charge in [-0.2, -0.15) is 0 Å². The van der Waals surface area contributed by atoms with Crippen molar-refractivity contribution in [2.75, 3.05) is 18.5 Å². The van der Waals surface area contributed by atoms with Gasteiger partial charge in [-0.3, -0.25) is 4.79 Å². The van der Waals surface area contributed by atoms with Gasteiger partial charge in [-0.15, -0.1) is 10.2 Å². The number of amides is 1. The molecule has 1 saturated heterocycles. The van der Waals surface area contributed by atoms with Crippen molar-refractivity contribution in [3.8, 4) is 0 Å². The summed E-state index contributed by atoms with van der Waals surface area (Å²) in [6.45, 7) is 1.11. The first-order valence-electron chi connectivity index (χ1n) is 5.24. The summed E-state index contributed by atoms with van der Waals surface area (Å²) in [5.74, 6) is -0.127. The number of nitrogens with zero attached hydrogens (tertiary/aromatic N) is 2. The van der Waals surface area contributed by atoms with Crippen molar-refractivity contribution >= 4 is 22.4 Å². The summed E-state index contributed by atoms with van der Waals surface area (Å²) in [7, 11) is 0. The quantitative estimate of drug-likeness (QED) is 0.810. The summed E-state index contributed by atoms with van der Waals surface area (Å²) in [4.78, 5) is 11.3. The second-order valence-electron chi connectivity index (χ2n) is 3.53. The summed E-state index contributed by atoms with van der Waals surface area (Å²) < 4.78 is 5.48. The average Bonchev–Trinajstić information content (AvgIpc) is 2.86. The van der Waals surface area contributed by atoms with Gasteiger partial charge >= 0.3 is 0 Å². The lowest BCUT2D eigenvalue weighted by atomic mass is 10.2. The van der Waals surface area contributed by atoms with E-state index in [-0.39, 0.29) is 12.0 Å². The van der Waals surface area contributed by atoms with Crippen LogP contribution in [-0.2, 0) is 9.53 Å². The second kappa shape index (κ2) is 5.33. The van der Waals surface area contributed by atoms with Gasteiger partial charge in [-0.25, -0.2) is 0 Å². The van der Waals surface area contributed by atoms with Crippen LogP contribution in [0.4, 0.5) is 5.13 Å². The first-order chi connectivity index (χ1) is 7.79. The minimum Gasteiger partial charge on any atom is -0.371 e. The lowest BCUT2D eigenvalue weighted by Gasteiger charge is -2.02. The molecule has 1 fully saturated rings. The number of hydrogen-bond donors (Lipinski definition) is 2. The van der Waals surface area contributed by atoms with Gasteiger partial charge in [0.2, 0.25) is 11.0 Å². The Morgan fingerprint density at radius 1 is 1.62 bits per heavy atom. The third kappa shape index (κ3) is 2.75. The van der Waals surface area contributed by atoms with Crippen molar-refractivity contribution in [3.05, 3.63) is 5.01 Å². The smallest absolute Gasteiger partial charge is 0.227 e. The van der Waals surface area contributed by atoms with Gasteiger partial charge in [0.1, 0.15) is 11.1 Å². The van der Waals surface area contributed by atoms with E-state index in [4.69, 9.17) is 10.5 Å². The monoisotopic (exact) mass is 242 g/mol. The molecule has 1 unspecified atom stereocenters. The molecule has 88 valence electrons. The molecule has 0 spiro atoms. The topological polar surface area (TPSA) is 90.1 Å². The van der Waals surface area contributed by atoms with Crippen LogP contribution in [0.3, 0.4) is 0 Å². The minimum atomic E-state index is -0.127. The van der Waals surface area contributed by atoms with Crippen LogP contribution in [0.1, 0.15) is 30.4 Å². The maximum absolute atomic E-state index is 11.3. The Morgan fingerprint density at radius 3 is 3.19 bits per heavy atom. The Morgan fingerprint density at radius 2 is 2.50 bits per heavy atom. The molecule has 0 bridgehead atoms. The van der Waals surface area contributed by atoms with E-state index in [0.29, 0.717) is 18.1 Å². The molecular formula is C9H14N4O2S. The molecule has 2 rings (SSSR count). The van der Waals surface area contributed by atoms with Crippen LogP contribution in [0.5, 0.6) is 0 Å². The Kier molecular flexibility index (Phi) is 3.81. The van der Waals surface area contributed by atoms with Crippen LogP contribution < -0.4 is 11.1 Å². The van der Waals surface area contributed by atoms with Crippen molar-refractivity contribution in [1.82, 2.24) is 10.2 Å². The van der Waals surface area contributed by atoms with Crippen LogP contribution >= 0.6 is 11.3 Å². The molecule has 0 aliphatic carbocycles. The first kappa shape index (κ1) is 11.4. The van der Waals surface area contributed by atoms with Crippen molar-refractivity contribution in [2.45, 2.75) is 25.4 Å². The summed E-state index contributed by atoms with van der Waals surface area (Å²) >= 11 is 1.36. The van der Waals surface area contributed by atoms with E-state index in [1.54, 1.807) is 0 Å². The highest BCUT2D eigenvalue weighted by molar-refractivity contribution is 7.15. The first-order valence-corrected chi connectivity index (χ1v) is 6.06. The van der Waals surface area contributed by atoms with Crippen molar-refractivity contribution in [3.63, 3.8) is 0 Å². The van der Waals surface area contributed by atoms with Gasteiger partial charge in [-0.1, -0.05) is 11.3 Å². The molecule has 1 amide bonds. The number of carbonyl (C=O) groups excluding carboxylic acids is 1. The van der Waals surface area contributed by atoms with E-state index in [1.807, 2.05) is 0 Å². The highest BCUT2D eigenvalue weighted by atomic mass is 32.1.